The second-order valence-corrected chi connectivity index (χ2v) is 4.29. The third-order valence-electron chi connectivity index (χ3n) is 2.61. The summed E-state index contributed by atoms with van der Waals surface area (Å²) < 4.78 is 6.61. The van der Waals surface area contributed by atoms with Crippen molar-refractivity contribution in [2.24, 2.45) is 0 Å². The number of rotatable bonds is 5. The second-order valence-electron chi connectivity index (χ2n) is 4.29. The van der Waals surface area contributed by atoms with Crippen molar-refractivity contribution in [3.63, 3.8) is 0 Å². The fourth-order valence-electron chi connectivity index (χ4n) is 1.58. The highest BCUT2D eigenvalue weighted by atomic mass is 16.5. The Bertz CT molecular complexity index is 500. The van der Waals surface area contributed by atoms with E-state index in [0.717, 1.165) is 12.2 Å². The van der Waals surface area contributed by atoms with Crippen molar-refractivity contribution in [1.82, 2.24) is 30.5 Å². The zero-order chi connectivity index (χ0) is 11.7. The fraction of sp³-hybridized carbons (Fsp3) is 0.600. The SMILES string of the molecule is Cc1nc(Cn2cc(CNC3CC3)nn2)no1. The molecular weight excluding hydrogens is 220 g/mol. The molecule has 0 radical (unpaired) electrons. The van der Waals surface area contributed by atoms with Crippen LogP contribution in [0.1, 0.15) is 30.3 Å². The molecule has 1 fully saturated rings. The minimum atomic E-state index is 0.494. The minimum absolute atomic E-state index is 0.494. The highest BCUT2D eigenvalue weighted by Gasteiger charge is 2.20. The fourth-order valence-corrected chi connectivity index (χ4v) is 1.58. The summed E-state index contributed by atoms with van der Waals surface area (Å²) in [5.74, 6) is 1.19. The Hall–Kier alpha value is -1.76. The van der Waals surface area contributed by atoms with Gasteiger partial charge in [-0.1, -0.05) is 10.4 Å². The lowest BCUT2D eigenvalue weighted by molar-refractivity contribution is 0.385. The molecule has 1 saturated carbocycles. The largest absolute Gasteiger partial charge is 0.340 e. The Kier molecular flexibility index (Phi) is 2.60. The zero-order valence-electron chi connectivity index (χ0n) is 9.63. The van der Waals surface area contributed by atoms with Gasteiger partial charge in [-0.25, -0.2) is 4.68 Å². The molecule has 17 heavy (non-hydrogen) atoms. The number of nitrogens with one attached hydrogen (secondary N) is 1. The van der Waals surface area contributed by atoms with Crippen molar-refractivity contribution >= 4 is 0 Å². The summed E-state index contributed by atoms with van der Waals surface area (Å²) in [6.45, 7) is 3.03. The topological polar surface area (TPSA) is 81.7 Å². The van der Waals surface area contributed by atoms with Crippen LogP contribution >= 0.6 is 0 Å². The normalized spacial score (nSPS) is 15.4. The van der Waals surface area contributed by atoms with E-state index >= 15 is 0 Å². The van der Waals surface area contributed by atoms with Crippen LogP contribution in [0.25, 0.3) is 0 Å². The van der Waals surface area contributed by atoms with Crippen molar-refractivity contribution in [2.45, 2.75) is 38.9 Å². The van der Waals surface area contributed by atoms with E-state index in [4.69, 9.17) is 4.52 Å². The van der Waals surface area contributed by atoms with E-state index in [1.54, 1.807) is 11.6 Å². The number of nitrogens with zero attached hydrogens (tertiary/aromatic N) is 5. The van der Waals surface area contributed by atoms with Gasteiger partial charge in [0.05, 0.1) is 11.9 Å². The maximum absolute atomic E-state index is 4.90. The first kappa shape index (κ1) is 10.4. The molecule has 0 spiro atoms. The highest BCUT2D eigenvalue weighted by molar-refractivity contribution is 4.96. The first-order valence-electron chi connectivity index (χ1n) is 5.71. The molecule has 2 heterocycles. The van der Waals surface area contributed by atoms with Crippen LogP contribution in [0.4, 0.5) is 0 Å². The monoisotopic (exact) mass is 234 g/mol. The third-order valence-corrected chi connectivity index (χ3v) is 2.61. The van der Waals surface area contributed by atoms with Crippen LogP contribution in [0.15, 0.2) is 10.7 Å². The van der Waals surface area contributed by atoms with Crippen LogP contribution in [0.2, 0.25) is 0 Å². The van der Waals surface area contributed by atoms with E-state index in [1.807, 2.05) is 6.20 Å². The molecule has 0 aliphatic heterocycles. The first-order chi connectivity index (χ1) is 8.29. The number of hydrogen-bond donors (Lipinski definition) is 1. The molecule has 7 nitrogen and oxygen atoms in total. The average Bonchev–Trinajstić information content (AvgIpc) is 2.90. The summed E-state index contributed by atoms with van der Waals surface area (Å²) in [6, 6.07) is 0.681. The molecule has 0 atom stereocenters. The van der Waals surface area contributed by atoms with E-state index < -0.39 is 0 Å². The van der Waals surface area contributed by atoms with Crippen LogP contribution in [0.3, 0.4) is 0 Å². The smallest absolute Gasteiger partial charge is 0.223 e. The highest BCUT2D eigenvalue weighted by Crippen LogP contribution is 2.18. The van der Waals surface area contributed by atoms with E-state index in [0.29, 0.717) is 24.3 Å². The van der Waals surface area contributed by atoms with Gasteiger partial charge in [0.15, 0.2) is 5.82 Å². The molecular formula is C10H14N6O. The van der Waals surface area contributed by atoms with Crippen LogP contribution < -0.4 is 5.32 Å². The van der Waals surface area contributed by atoms with Crippen molar-refractivity contribution in [2.75, 3.05) is 0 Å². The summed E-state index contributed by atoms with van der Waals surface area (Å²) >= 11 is 0. The molecule has 0 amide bonds. The van der Waals surface area contributed by atoms with Crippen molar-refractivity contribution in [1.29, 1.82) is 0 Å². The summed E-state index contributed by atoms with van der Waals surface area (Å²) in [7, 11) is 0. The Morgan fingerprint density at radius 3 is 3.12 bits per heavy atom. The van der Waals surface area contributed by atoms with Gasteiger partial charge in [0, 0.05) is 19.5 Å². The lowest BCUT2D eigenvalue weighted by Crippen LogP contribution is -2.15. The molecule has 0 bridgehead atoms. The maximum Gasteiger partial charge on any atom is 0.223 e. The van der Waals surface area contributed by atoms with Gasteiger partial charge in [0.25, 0.3) is 0 Å². The summed E-state index contributed by atoms with van der Waals surface area (Å²) in [5, 5.41) is 15.3. The Morgan fingerprint density at radius 1 is 1.53 bits per heavy atom. The van der Waals surface area contributed by atoms with Gasteiger partial charge in [-0.15, -0.1) is 5.10 Å². The third kappa shape index (κ3) is 2.68. The van der Waals surface area contributed by atoms with Gasteiger partial charge in [-0.05, 0) is 12.8 Å². The number of aromatic nitrogens is 5. The van der Waals surface area contributed by atoms with Crippen LogP contribution in [0.5, 0.6) is 0 Å². The van der Waals surface area contributed by atoms with E-state index in [2.05, 4.69) is 25.8 Å². The van der Waals surface area contributed by atoms with E-state index in [9.17, 15) is 0 Å². The van der Waals surface area contributed by atoms with Crippen molar-refractivity contribution in [3.8, 4) is 0 Å². The molecule has 1 aliphatic carbocycles. The summed E-state index contributed by atoms with van der Waals surface area (Å²) in [5.41, 5.74) is 0.942. The molecule has 90 valence electrons. The molecule has 0 saturated heterocycles. The van der Waals surface area contributed by atoms with Crippen molar-refractivity contribution < 1.29 is 4.52 Å². The van der Waals surface area contributed by atoms with Crippen molar-refractivity contribution in [3.05, 3.63) is 23.6 Å². The Balaban J connectivity index is 1.59. The maximum atomic E-state index is 4.90. The van der Waals surface area contributed by atoms with Crippen LogP contribution in [0, 0.1) is 6.92 Å². The standard InChI is InChI=1S/C10H14N6O/c1-7-12-10(14-17-7)6-16-5-9(13-15-16)4-11-8-2-3-8/h5,8,11H,2-4,6H2,1H3. The van der Waals surface area contributed by atoms with E-state index in [1.165, 1.54) is 12.8 Å². The predicted molar refractivity (Wildman–Crippen MR) is 58.0 cm³/mol. The molecule has 2 aromatic rings. The lowest BCUT2D eigenvalue weighted by Gasteiger charge is -1.96. The van der Waals surface area contributed by atoms with Crippen LogP contribution in [-0.4, -0.2) is 31.2 Å². The van der Waals surface area contributed by atoms with Gasteiger partial charge in [-0.3, -0.25) is 0 Å². The quantitative estimate of drug-likeness (QED) is 0.799. The first-order valence-corrected chi connectivity index (χ1v) is 5.71. The molecule has 1 N–H and O–H groups in total. The second kappa shape index (κ2) is 4.25. The van der Waals surface area contributed by atoms with Gasteiger partial charge in [0.2, 0.25) is 5.89 Å². The molecule has 1 aliphatic rings. The minimum Gasteiger partial charge on any atom is -0.340 e. The number of aryl methyl sites for hydroxylation is 1. The summed E-state index contributed by atoms with van der Waals surface area (Å²) in [6.07, 6.45) is 4.45. The number of hydrogen-bond acceptors (Lipinski definition) is 6. The molecule has 0 unspecified atom stereocenters. The van der Waals surface area contributed by atoms with Gasteiger partial charge >= 0.3 is 0 Å². The van der Waals surface area contributed by atoms with Gasteiger partial charge in [-0.2, -0.15) is 4.98 Å². The summed E-state index contributed by atoms with van der Waals surface area (Å²) in [4.78, 5) is 4.12. The zero-order valence-corrected chi connectivity index (χ0v) is 9.63. The van der Waals surface area contributed by atoms with E-state index in [-0.39, 0.29) is 0 Å². The lowest BCUT2D eigenvalue weighted by atomic mass is 10.4. The predicted octanol–water partition coefficient (Wildman–Crippen LogP) is 0.270. The van der Waals surface area contributed by atoms with Gasteiger partial charge < -0.3 is 9.84 Å². The van der Waals surface area contributed by atoms with Crippen LogP contribution in [-0.2, 0) is 13.1 Å². The average molecular weight is 234 g/mol. The molecule has 3 rings (SSSR count). The molecule has 0 aromatic carbocycles. The Morgan fingerprint density at radius 2 is 2.41 bits per heavy atom. The molecule has 7 heteroatoms. The van der Waals surface area contributed by atoms with Gasteiger partial charge in [0.1, 0.15) is 6.54 Å². The Labute approximate surface area is 98.2 Å². The molecule has 2 aromatic heterocycles.